The summed E-state index contributed by atoms with van der Waals surface area (Å²) in [4.78, 5) is 23.8. The van der Waals surface area contributed by atoms with Crippen LogP contribution in [0.1, 0.15) is 30.9 Å². The summed E-state index contributed by atoms with van der Waals surface area (Å²) < 4.78 is 10.3. The molecule has 0 bridgehead atoms. The molecule has 26 heavy (non-hydrogen) atoms. The molecule has 138 valence electrons. The van der Waals surface area contributed by atoms with Crippen LogP contribution < -0.4 is 10.1 Å². The van der Waals surface area contributed by atoms with E-state index in [0.717, 1.165) is 16.8 Å². The van der Waals surface area contributed by atoms with E-state index in [1.807, 2.05) is 45.0 Å². The van der Waals surface area contributed by atoms with E-state index < -0.39 is 11.9 Å². The quantitative estimate of drug-likeness (QED) is 0.731. The average molecular weight is 376 g/mol. The molecule has 0 aliphatic rings. The van der Waals surface area contributed by atoms with E-state index in [-0.39, 0.29) is 19.1 Å². The van der Waals surface area contributed by atoms with Gasteiger partial charge in [0, 0.05) is 10.7 Å². The van der Waals surface area contributed by atoms with Crippen molar-refractivity contribution in [2.45, 2.75) is 26.7 Å². The minimum absolute atomic E-state index is 0.269. The molecular formula is C20H22ClNO4. The van der Waals surface area contributed by atoms with E-state index in [4.69, 9.17) is 21.1 Å². The van der Waals surface area contributed by atoms with Gasteiger partial charge in [0.1, 0.15) is 5.75 Å². The van der Waals surface area contributed by atoms with Crippen LogP contribution in [0, 0.1) is 6.92 Å². The Balaban J connectivity index is 1.80. The lowest BCUT2D eigenvalue weighted by molar-refractivity contribution is -0.149. The normalized spacial score (nSPS) is 10.5. The maximum absolute atomic E-state index is 12.0. The molecule has 1 amide bonds. The number of carbonyl (C=O) groups is 2. The Labute approximate surface area is 158 Å². The van der Waals surface area contributed by atoms with Crippen molar-refractivity contribution in [3.05, 3.63) is 58.6 Å². The van der Waals surface area contributed by atoms with E-state index in [0.29, 0.717) is 10.8 Å². The fourth-order valence-corrected chi connectivity index (χ4v) is 2.46. The number of carbonyl (C=O) groups excluding carboxylic acids is 2. The van der Waals surface area contributed by atoms with Crippen LogP contribution in [-0.4, -0.2) is 25.1 Å². The van der Waals surface area contributed by atoms with Crippen molar-refractivity contribution in [2.24, 2.45) is 0 Å². The minimum atomic E-state index is -0.620. The highest BCUT2D eigenvalue weighted by Crippen LogP contribution is 2.23. The minimum Gasteiger partial charge on any atom is -0.482 e. The van der Waals surface area contributed by atoms with Gasteiger partial charge in [-0.1, -0.05) is 43.6 Å². The molecule has 0 radical (unpaired) electrons. The highest BCUT2D eigenvalue weighted by Gasteiger charge is 2.12. The second-order valence-corrected chi connectivity index (χ2v) is 6.56. The molecule has 1 N–H and O–H groups in total. The van der Waals surface area contributed by atoms with Gasteiger partial charge in [0.2, 0.25) is 0 Å². The Kier molecular flexibility index (Phi) is 7.04. The number of halogens is 1. The average Bonchev–Trinajstić information content (AvgIpc) is 2.61. The summed E-state index contributed by atoms with van der Waals surface area (Å²) in [5.41, 5.74) is 2.59. The van der Waals surface area contributed by atoms with Gasteiger partial charge in [-0.25, -0.2) is 4.79 Å². The lowest BCUT2D eigenvalue weighted by Gasteiger charge is -2.13. The van der Waals surface area contributed by atoms with Crippen LogP contribution in [0.3, 0.4) is 0 Å². The summed E-state index contributed by atoms with van der Waals surface area (Å²) in [5, 5.41) is 3.39. The van der Waals surface area contributed by atoms with Crippen LogP contribution in [0.15, 0.2) is 42.5 Å². The van der Waals surface area contributed by atoms with Gasteiger partial charge in [-0.3, -0.25) is 4.79 Å². The van der Waals surface area contributed by atoms with Crippen LogP contribution in [0.2, 0.25) is 5.02 Å². The Morgan fingerprint density at radius 2 is 1.85 bits per heavy atom. The van der Waals surface area contributed by atoms with Crippen molar-refractivity contribution in [1.29, 1.82) is 0 Å². The maximum atomic E-state index is 12.0. The van der Waals surface area contributed by atoms with Crippen LogP contribution in [0.4, 0.5) is 5.69 Å². The van der Waals surface area contributed by atoms with Crippen molar-refractivity contribution in [1.82, 2.24) is 0 Å². The molecule has 0 atom stereocenters. The molecule has 2 aromatic carbocycles. The molecule has 2 rings (SSSR count). The monoisotopic (exact) mass is 375 g/mol. The number of benzene rings is 2. The van der Waals surface area contributed by atoms with Crippen LogP contribution >= 0.6 is 11.6 Å². The van der Waals surface area contributed by atoms with Gasteiger partial charge in [0.15, 0.2) is 13.2 Å². The number of rotatable bonds is 7. The molecule has 0 fully saturated rings. The molecule has 0 aromatic heterocycles. The molecule has 0 heterocycles. The van der Waals surface area contributed by atoms with E-state index in [2.05, 4.69) is 5.32 Å². The Bertz CT molecular complexity index is 789. The van der Waals surface area contributed by atoms with E-state index in [9.17, 15) is 9.59 Å². The maximum Gasteiger partial charge on any atom is 0.344 e. The van der Waals surface area contributed by atoms with Crippen molar-refractivity contribution in [2.75, 3.05) is 18.5 Å². The molecule has 0 unspecified atom stereocenters. The Morgan fingerprint density at radius 1 is 1.12 bits per heavy atom. The van der Waals surface area contributed by atoms with Crippen molar-refractivity contribution < 1.29 is 19.1 Å². The molecule has 5 nitrogen and oxygen atoms in total. The Hall–Kier alpha value is -2.53. The number of anilines is 1. The topological polar surface area (TPSA) is 64.6 Å². The SMILES string of the molecule is Cc1cc(OCC(=O)OCC(=O)Nc2ccccc2C(C)C)ccc1Cl. The first kappa shape index (κ1) is 19.8. The number of aryl methyl sites for hydroxylation is 1. The number of hydrogen-bond acceptors (Lipinski definition) is 4. The van der Waals surface area contributed by atoms with Crippen LogP contribution in [-0.2, 0) is 14.3 Å². The smallest absolute Gasteiger partial charge is 0.344 e. The fraction of sp³-hybridized carbons (Fsp3) is 0.300. The zero-order chi connectivity index (χ0) is 19.1. The molecule has 0 saturated carbocycles. The van der Waals surface area contributed by atoms with E-state index in [1.54, 1.807) is 18.2 Å². The third-order valence-corrected chi connectivity index (χ3v) is 4.13. The summed E-state index contributed by atoms with van der Waals surface area (Å²) in [6.45, 7) is 5.28. The Morgan fingerprint density at radius 3 is 2.54 bits per heavy atom. The summed E-state index contributed by atoms with van der Waals surface area (Å²) >= 11 is 5.93. The summed E-state index contributed by atoms with van der Waals surface area (Å²) in [5.74, 6) is -0.233. The highest BCUT2D eigenvalue weighted by molar-refractivity contribution is 6.31. The highest BCUT2D eigenvalue weighted by atomic mass is 35.5. The van der Waals surface area contributed by atoms with Crippen LogP contribution in [0.25, 0.3) is 0 Å². The van der Waals surface area contributed by atoms with Gasteiger partial charge >= 0.3 is 5.97 Å². The number of hydrogen-bond donors (Lipinski definition) is 1. The lowest BCUT2D eigenvalue weighted by Crippen LogP contribution is -2.24. The van der Waals surface area contributed by atoms with Crippen molar-refractivity contribution >= 4 is 29.2 Å². The summed E-state index contributed by atoms with van der Waals surface area (Å²) in [7, 11) is 0. The number of amides is 1. The molecule has 6 heteroatoms. The van der Waals surface area contributed by atoms with Gasteiger partial charge in [-0.05, 0) is 48.2 Å². The first-order chi connectivity index (χ1) is 12.4. The first-order valence-corrected chi connectivity index (χ1v) is 8.68. The largest absolute Gasteiger partial charge is 0.482 e. The standard InChI is InChI=1S/C20H22ClNO4/c1-13(2)16-6-4-5-7-18(16)22-19(23)11-26-20(24)12-25-15-8-9-17(21)14(3)10-15/h4-10,13H,11-12H2,1-3H3,(H,22,23). The molecule has 0 spiro atoms. The number of nitrogens with one attached hydrogen (secondary N) is 1. The first-order valence-electron chi connectivity index (χ1n) is 8.30. The van der Waals surface area contributed by atoms with Gasteiger partial charge in [-0.15, -0.1) is 0 Å². The lowest BCUT2D eigenvalue weighted by atomic mass is 10.0. The van der Waals surface area contributed by atoms with Crippen LogP contribution in [0.5, 0.6) is 5.75 Å². The zero-order valence-electron chi connectivity index (χ0n) is 15.0. The van der Waals surface area contributed by atoms with Crippen molar-refractivity contribution in [3.8, 4) is 5.75 Å². The molecule has 0 aliphatic carbocycles. The van der Waals surface area contributed by atoms with Gasteiger partial charge in [0.25, 0.3) is 5.91 Å². The number of esters is 1. The van der Waals surface area contributed by atoms with Gasteiger partial charge in [0.05, 0.1) is 0 Å². The van der Waals surface area contributed by atoms with Gasteiger partial charge < -0.3 is 14.8 Å². The molecule has 0 saturated heterocycles. The molecule has 0 aliphatic heterocycles. The predicted octanol–water partition coefficient (Wildman–Crippen LogP) is 4.33. The predicted molar refractivity (Wildman–Crippen MR) is 102 cm³/mol. The zero-order valence-corrected chi connectivity index (χ0v) is 15.8. The van der Waals surface area contributed by atoms with E-state index in [1.165, 1.54) is 0 Å². The number of para-hydroxylation sites is 1. The summed E-state index contributed by atoms with van der Waals surface area (Å²) in [6, 6.07) is 12.6. The summed E-state index contributed by atoms with van der Waals surface area (Å²) in [6.07, 6.45) is 0. The third-order valence-electron chi connectivity index (χ3n) is 3.71. The van der Waals surface area contributed by atoms with E-state index >= 15 is 0 Å². The number of ether oxygens (including phenoxy) is 2. The third kappa shape index (κ3) is 5.77. The molecule has 2 aromatic rings. The fourth-order valence-electron chi connectivity index (χ4n) is 2.34. The molecular weight excluding hydrogens is 354 g/mol. The van der Waals surface area contributed by atoms with Gasteiger partial charge in [-0.2, -0.15) is 0 Å². The second-order valence-electron chi connectivity index (χ2n) is 6.15. The van der Waals surface area contributed by atoms with Crippen molar-refractivity contribution in [3.63, 3.8) is 0 Å². The second kappa shape index (κ2) is 9.25.